The molecule has 1 aliphatic rings. The van der Waals surface area contributed by atoms with Gasteiger partial charge in [0.15, 0.2) is 0 Å². The van der Waals surface area contributed by atoms with Gasteiger partial charge in [0.2, 0.25) is 0 Å². The molecule has 5 heteroatoms. The number of halogens is 1. The van der Waals surface area contributed by atoms with Crippen molar-refractivity contribution in [3.8, 4) is 0 Å². The predicted molar refractivity (Wildman–Crippen MR) is 62.9 cm³/mol. The number of hydrogen-bond donors (Lipinski definition) is 1. The van der Waals surface area contributed by atoms with Gasteiger partial charge in [-0.2, -0.15) is 0 Å². The highest BCUT2D eigenvalue weighted by atomic mass is 79.9. The van der Waals surface area contributed by atoms with E-state index >= 15 is 0 Å². The molecule has 0 saturated carbocycles. The lowest BCUT2D eigenvalue weighted by molar-refractivity contribution is -0.122. The van der Waals surface area contributed by atoms with Crippen LogP contribution in [0.15, 0.2) is 22.9 Å². The number of hydrogen-bond acceptors (Lipinski definition) is 4. The van der Waals surface area contributed by atoms with Crippen LogP contribution in [0.3, 0.4) is 0 Å². The third kappa shape index (κ3) is 2.66. The summed E-state index contributed by atoms with van der Waals surface area (Å²) in [6.07, 6.45) is 3.76. The lowest BCUT2D eigenvalue weighted by Gasteiger charge is -2.11. The fraction of sp³-hybridized carbons (Fsp3) is 0.455. The summed E-state index contributed by atoms with van der Waals surface area (Å²) in [6.45, 7) is 0.925. The molecule has 1 saturated heterocycles. The van der Waals surface area contributed by atoms with Crippen LogP contribution >= 0.6 is 15.9 Å². The summed E-state index contributed by atoms with van der Waals surface area (Å²) in [6, 6.07) is 1.74. The number of aromatic nitrogens is 1. The van der Waals surface area contributed by atoms with Crippen molar-refractivity contribution < 1.29 is 9.53 Å². The van der Waals surface area contributed by atoms with Crippen LogP contribution in [0.4, 0.5) is 0 Å². The van der Waals surface area contributed by atoms with Gasteiger partial charge in [-0.3, -0.25) is 9.78 Å². The first kappa shape index (κ1) is 11.7. The maximum atomic E-state index is 11.9. The maximum absolute atomic E-state index is 11.9. The minimum absolute atomic E-state index is 0.130. The van der Waals surface area contributed by atoms with Crippen LogP contribution < -0.4 is 5.73 Å². The van der Waals surface area contributed by atoms with Crippen molar-refractivity contribution in [2.75, 3.05) is 13.2 Å². The fourth-order valence-corrected chi connectivity index (χ4v) is 2.20. The molecule has 1 aliphatic heterocycles. The summed E-state index contributed by atoms with van der Waals surface area (Å²) in [4.78, 5) is 16.0. The number of Topliss-reactive ketones (excluding diaryl/α,β-unsaturated/α-hetero) is 1. The first-order valence-corrected chi connectivity index (χ1v) is 5.91. The van der Waals surface area contributed by atoms with E-state index in [0.717, 1.165) is 10.0 Å². The van der Waals surface area contributed by atoms with E-state index in [1.807, 2.05) is 6.07 Å². The summed E-state index contributed by atoms with van der Waals surface area (Å²) in [5, 5.41) is 0. The highest BCUT2D eigenvalue weighted by Gasteiger charge is 2.30. The van der Waals surface area contributed by atoms with Crippen molar-refractivity contribution in [2.24, 2.45) is 11.7 Å². The number of nitrogens with two attached hydrogens (primary N) is 1. The average Bonchev–Trinajstić information content (AvgIpc) is 2.64. The Morgan fingerprint density at radius 1 is 1.56 bits per heavy atom. The Morgan fingerprint density at radius 2 is 2.38 bits per heavy atom. The largest absolute Gasteiger partial charge is 0.379 e. The van der Waals surface area contributed by atoms with Gasteiger partial charge in [0.05, 0.1) is 19.1 Å². The Balaban J connectivity index is 2.02. The third-order valence-corrected chi connectivity index (χ3v) is 3.11. The molecule has 0 radical (unpaired) electrons. The van der Waals surface area contributed by atoms with Crippen LogP contribution in [0.25, 0.3) is 0 Å². The summed E-state index contributed by atoms with van der Waals surface area (Å²) >= 11 is 3.32. The Morgan fingerprint density at radius 3 is 3.00 bits per heavy atom. The number of rotatable bonds is 3. The van der Waals surface area contributed by atoms with Gasteiger partial charge in [-0.15, -0.1) is 0 Å². The summed E-state index contributed by atoms with van der Waals surface area (Å²) in [5.41, 5.74) is 6.69. The first-order chi connectivity index (χ1) is 7.66. The van der Waals surface area contributed by atoms with Gasteiger partial charge in [0.25, 0.3) is 0 Å². The number of carbonyl (C=O) groups is 1. The third-order valence-electron chi connectivity index (χ3n) is 2.68. The molecule has 2 unspecified atom stereocenters. The maximum Gasteiger partial charge on any atom is 0.144 e. The van der Waals surface area contributed by atoms with Gasteiger partial charge in [0.1, 0.15) is 5.78 Å². The second kappa shape index (κ2) is 5.03. The molecule has 2 rings (SSSR count). The quantitative estimate of drug-likeness (QED) is 0.897. The summed E-state index contributed by atoms with van der Waals surface area (Å²) in [7, 11) is 0. The van der Waals surface area contributed by atoms with Crippen LogP contribution in [0.1, 0.15) is 5.56 Å². The molecular weight excluding hydrogens is 272 g/mol. The van der Waals surface area contributed by atoms with Crippen LogP contribution in [0.5, 0.6) is 0 Å². The normalized spacial score (nSPS) is 24.6. The number of carbonyl (C=O) groups excluding carboxylic acids is 1. The van der Waals surface area contributed by atoms with E-state index in [1.165, 1.54) is 0 Å². The number of ketones is 1. The first-order valence-electron chi connectivity index (χ1n) is 5.12. The second-order valence-corrected chi connectivity index (χ2v) is 4.88. The van der Waals surface area contributed by atoms with Crippen LogP contribution in [0, 0.1) is 5.92 Å². The van der Waals surface area contributed by atoms with E-state index < -0.39 is 0 Å². The fourth-order valence-electron chi connectivity index (χ4n) is 1.79. The van der Waals surface area contributed by atoms with E-state index in [4.69, 9.17) is 10.5 Å². The van der Waals surface area contributed by atoms with Crippen molar-refractivity contribution in [3.63, 3.8) is 0 Å². The molecule has 2 atom stereocenters. The summed E-state index contributed by atoms with van der Waals surface area (Å²) in [5.74, 6) is -0.0381. The minimum Gasteiger partial charge on any atom is -0.379 e. The van der Waals surface area contributed by atoms with Gasteiger partial charge in [0, 0.05) is 29.3 Å². The molecule has 2 N–H and O–H groups in total. The van der Waals surface area contributed by atoms with Crippen LogP contribution in [0.2, 0.25) is 0 Å². The van der Waals surface area contributed by atoms with Crippen molar-refractivity contribution in [1.82, 2.24) is 4.98 Å². The van der Waals surface area contributed by atoms with Crippen molar-refractivity contribution in [1.29, 1.82) is 0 Å². The molecule has 0 amide bonds. The average molecular weight is 285 g/mol. The summed E-state index contributed by atoms with van der Waals surface area (Å²) < 4.78 is 6.06. The zero-order valence-electron chi connectivity index (χ0n) is 8.73. The number of ether oxygens (including phenoxy) is 1. The number of pyridine rings is 1. The zero-order chi connectivity index (χ0) is 11.5. The molecule has 4 nitrogen and oxygen atoms in total. The van der Waals surface area contributed by atoms with Gasteiger partial charge < -0.3 is 10.5 Å². The van der Waals surface area contributed by atoms with Gasteiger partial charge in [-0.1, -0.05) is 0 Å². The van der Waals surface area contributed by atoms with E-state index in [2.05, 4.69) is 20.9 Å². The molecule has 1 fully saturated rings. The lowest BCUT2D eigenvalue weighted by Crippen LogP contribution is -2.34. The minimum atomic E-state index is -0.168. The topological polar surface area (TPSA) is 65.2 Å². The SMILES string of the molecule is NC1COCC1C(=O)Cc1cncc(Br)c1. The van der Waals surface area contributed by atoms with Crippen molar-refractivity contribution >= 4 is 21.7 Å². The van der Waals surface area contributed by atoms with Gasteiger partial charge >= 0.3 is 0 Å². The van der Waals surface area contributed by atoms with E-state index in [0.29, 0.717) is 19.6 Å². The van der Waals surface area contributed by atoms with Crippen LogP contribution in [-0.2, 0) is 16.0 Å². The molecule has 86 valence electrons. The molecule has 0 aliphatic carbocycles. The Kier molecular flexibility index (Phi) is 3.68. The lowest BCUT2D eigenvalue weighted by atomic mass is 9.95. The predicted octanol–water partition coefficient (Wildman–Crippen LogP) is 0.929. The Bertz CT molecular complexity index is 397. The smallest absolute Gasteiger partial charge is 0.144 e. The van der Waals surface area contributed by atoms with Crippen molar-refractivity contribution in [2.45, 2.75) is 12.5 Å². The van der Waals surface area contributed by atoms with Gasteiger partial charge in [-0.05, 0) is 27.6 Å². The molecule has 1 aromatic heterocycles. The Hall–Kier alpha value is -0.780. The van der Waals surface area contributed by atoms with E-state index in [-0.39, 0.29) is 17.7 Å². The second-order valence-electron chi connectivity index (χ2n) is 3.96. The van der Waals surface area contributed by atoms with E-state index in [1.54, 1.807) is 12.4 Å². The standard InChI is InChI=1S/C11H13BrN2O2/c12-8-1-7(3-14-4-8)2-11(15)9-5-16-6-10(9)13/h1,3-4,9-10H,2,5-6,13H2. The van der Waals surface area contributed by atoms with Crippen molar-refractivity contribution in [3.05, 3.63) is 28.5 Å². The van der Waals surface area contributed by atoms with Gasteiger partial charge in [-0.25, -0.2) is 0 Å². The highest BCUT2D eigenvalue weighted by Crippen LogP contribution is 2.17. The Labute approximate surface area is 102 Å². The number of nitrogens with zero attached hydrogens (tertiary/aromatic N) is 1. The molecule has 0 aromatic carbocycles. The molecular formula is C11H13BrN2O2. The highest BCUT2D eigenvalue weighted by molar-refractivity contribution is 9.10. The molecule has 16 heavy (non-hydrogen) atoms. The zero-order valence-corrected chi connectivity index (χ0v) is 10.3. The van der Waals surface area contributed by atoms with E-state index in [9.17, 15) is 4.79 Å². The molecule has 2 heterocycles. The van der Waals surface area contributed by atoms with Crippen LogP contribution in [-0.4, -0.2) is 30.0 Å². The monoisotopic (exact) mass is 284 g/mol. The molecule has 0 bridgehead atoms. The molecule has 0 spiro atoms. The molecule has 1 aromatic rings.